The van der Waals surface area contributed by atoms with E-state index in [0.717, 1.165) is 19.3 Å². The summed E-state index contributed by atoms with van der Waals surface area (Å²) < 4.78 is 32.9. The van der Waals surface area contributed by atoms with E-state index in [2.05, 4.69) is 5.32 Å². The Labute approximate surface area is 180 Å². The number of anilines is 1. The van der Waals surface area contributed by atoms with E-state index in [1.54, 1.807) is 37.3 Å². The van der Waals surface area contributed by atoms with Crippen LogP contribution in [0.1, 0.15) is 26.2 Å². The van der Waals surface area contributed by atoms with Crippen LogP contribution in [0.25, 0.3) is 0 Å². The zero-order valence-corrected chi connectivity index (χ0v) is 18.2. The molecule has 1 aliphatic heterocycles. The minimum absolute atomic E-state index is 0.0118. The van der Waals surface area contributed by atoms with Crippen LogP contribution in [0.3, 0.4) is 0 Å². The fraction of sp³-hybridized carbons (Fsp3) is 0.350. The van der Waals surface area contributed by atoms with Crippen molar-refractivity contribution >= 4 is 44.8 Å². The van der Waals surface area contributed by atoms with Crippen molar-refractivity contribution in [2.24, 2.45) is 0 Å². The molecule has 1 unspecified atom stereocenters. The van der Waals surface area contributed by atoms with Crippen molar-refractivity contribution in [1.29, 1.82) is 0 Å². The molecule has 0 bridgehead atoms. The van der Waals surface area contributed by atoms with Crippen molar-refractivity contribution in [2.75, 3.05) is 18.4 Å². The van der Waals surface area contributed by atoms with Crippen LogP contribution in [0.2, 0.25) is 10.0 Å². The third-order valence-electron chi connectivity index (χ3n) is 4.61. The molecule has 0 saturated carbocycles. The highest BCUT2D eigenvalue weighted by Crippen LogP contribution is 2.29. The van der Waals surface area contributed by atoms with Gasteiger partial charge >= 0.3 is 0 Å². The molecule has 0 radical (unpaired) electrons. The number of benzene rings is 2. The van der Waals surface area contributed by atoms with E-state index in [-0.39, 0.29) is 9.92 Å². The number of amides is 1. The Kier molecular flexibility index (Phi) is 7.05. The normalized spacial score (nSPS) is 16.2. The predicted molar refractivity (Wildman–Crippen MR) is 114 cm³/mol. The van der Waals surface area contributed by atoms with Gasteiger partial charge in [-0.05, 0) is 56.2 Å². The van der Waals surface area contributed by atoms with Crippen molar-refractivity contribution in [1.82, 2.24) is 4.31 Å². The fourth-order valence-corrected chi connectivity index (χ4v) is 5.26. The van der Waals surface area contributed by atoms with Gasteiger partial charge in [0.05, 0.1) is 5.02 Å². The molecule has 1 saturated heterocycles. The highest BCUT2D eigenvalue weighted by atomic mass is 35.5. The molecule has 1 N–H and O–H groups in total. The standard InChI is InChI=1S/C20H22Cl2N2O4S/c1-14(28-17-7-5-6-15(21)12-17)20(25)23-16-8-9-18(22)19(13-16)29(26,27)24-10-3-2-4-11-24/h5-9,12-14H,2-4,10-11H2,1H3,(H,23,25). The lowest BCUT2D eigenvalue weighted by Gasteiger charge is -2.26. The van der Waals surface area contributed by atoms with E-state index < -0.39 is 22.0 Å². The number of ether oxygens (including phenoxy) is 1. The zero-order chi connectivity index (χ0) is 21.0. The molecule has 1 atom stereocenters. The molecule has 0 aromatic heterocycles. The maximum atomic E-state index is 12.9. The minimum atomic E-state index is -3.72. The molecule has 1 aliphatic rings. The van der Waals surface area contributed by atoms with Crippen LogP contribution in [-0.4, -0.2) is 37.8 Å². The second-order valence-corrected chi connectivity index (χ2v) is 9.57. The van der Waals surface area contributed by atoms with Crippen LogP contribution in [-0.2, 0) is 14.8 Å². The number of hydrogen-bond acceptors (Lipinski definition) is 4. The zero-order valence-electron chi connectivity index (χ0n) is 15.9. The molecule has 1 amide bonds. The molecule has 29 heavy (non-hydrogen) atoms. The Hall–Kier alpha value is -1.80. The second-order valence-electron chi connectivity index (χ2n) is 6.82. The quantitative estimate of drug-likeness (QED) is 0.690. The molecule has 6 nitrogen and oxygen atoms in total. The van der Waals surface area contributed by atoms with Crippen molar-refractivity contribution in [3.05, 3.63) is 52.5 Å². The van der Waals surface area contributed by atoms with Gasteiger partial charge in [-0.3, -0.25) is 4.79 Å². The number of carbonyl (C=O) groups is 1. The van der Waals surface area contributed by atoms with E-state index in [1.165, 1.54) is 16.4 Å². The number of rotatable bonds is 6. The number of piperidine rings is 1. The Morgan fingerprint density at radius 3 is 2.52 bits per heavy atom. The Balaban J connectivity index is 1.74. The summed E-state index contributed by atoms with van der Waals surface area (Å²) in [4.78, 5) is 12.5. The monoisotopic (exact) mass is 456 g/mol. The van der Waals surface area contributed by atoms with Gasteiger partial charge in [-0.1, -0.05) is 35.7 Å². The van der Waals surface area contributed by atoms with Gasteiger partial charge in [0.1, 0.15) is 10.6 Å². The number of hydrogen-bond donors (Lipinski definition) is 1. The molecule has 2 aromatic rings. The summed E-state index contributed by atoms with van der Waals surface area (Å²) in [5.41, 5.74) is 0.330. The Morgan fingerprint density at radius 1 is 1.10 bits per heavy atom. The smallest absolute Gasteiger partial charge is 0.265 e. The highest BCUT2D eigenvalue weighted by molar-refractivity contribution is 7.89. The average molecular weight is 457 g/mol. The van der Waals surface area contributed by atoms with Gasteiger partial charge in [-0.2, -0.15) is 4.31 Å². The molecular weight excluding hydrogens is 435 g/mol. The minimum Gasteiger partial charge on any atom is -0.481 e. The van der Waals surface area contributed by atoms with Gasteiger partial charge < -0.3 is 10.1 Å². The van der Waals surface area contributed by atoms with Crippen LogP contribution >= 0.6 is 23.2 Å². The van der Waals surface area contributed by atoms with Crippen LogP contribution in [0, 0.1) is 0 Å². The topological polar surface area (TPSA) is 75.7 Å². The molecule has 0 spiro atoms. The van der Waals surface area contributed by atoms with Crippen LogP contribution < -0.4 is 10.1 Å². The summed E-state index contributed by atoms with van der Waals surface area (Å²) in [5, 5.41) is 3.30. The van der Waals surface area contributed by atoms with Gasteiger partial charge in [0.15, 0.2) is 6.10 Å². The van der Waals surface area contributed by atoms with Crippen LogP contribution in [0.4, 0.5) is 5.69 Å². The number of sulfonamides is 1. The number of nitrogens with zero attached hydrogens (tertiary/aromatic N) is 1. The van der Waals surface area contributed by atoms with Crippen LogP contribution in [0.5, 0.6) is 5.75 Å². The molecule has 1 heterocycles. The van der Waals surface area contributed by atoms with Crippen molar-refractivity contribution in [3.8, 4) is 5.75 Å². The average Bonchev–Trinajstić information content (AvgIpc) is 2.70. The van der Waals surface area contributed by atoms with Crippen molar-refractivity contribution in [3.63, 3.8) is 0 Å². The number of carbonyl (C=O) groups excluding carboxylic acids is 1. The van der Waals surface area contributed by atoms with E-state index in [1.807, 2.05) is 0 Å². The first-order valence-electron chi connectivity index (χ1n) is 9.30. The molecule has 2 aromatic carbocycles. The summed E-state index contributed by atoms with van der Waals surface area (Å²) >= 11 is 12.1. The van der Waals surface area contributed by atoms with E-state index >= 15 is 0 Å². The predicted octanol–water partition coefficient (Wildman–Crippen LogP) is 4.57. The first-order valence-corrected chi connectivity index (χ1v) is 11.5. The largest absolute Gasteiger partial charge is 0.481 e. The fourth-order valence-electron chi connectivity index (χ4n) is 3.06. The SMILES string of the molecule is CC(Oc1cccc(Cl)c1)C(=O)Nc1ccc(Cl)c(S(=O)(=O)N2CCCCC2)c1. The van der Waals surface area contributed by atoms with Gasteiger partial charge in [0.25, 0.3) is 5.91 Å². The lowest BCUT2D eigenvalue weighted by molar-refractivity contribution is -0.122. The van der Waals surface area contributed by atoms with Gasteiger partial charge in [0, 0.05) is 23.8 Å². The third kappa shape index (κ3) is 5.42. The Bertz CT molecular complexity index is 992. The van der Waals surface area contributed by atoms with E-state index in [0.29, 0.717) is 29.5 Å². The molecule has 1 fully saturated rings. The van der Waals surface area contributed by atoms with Gasteiger partial charge in [0.2, 0.25) is 10.0 Å². The molecule has 9 heteroatoms. The molecule has 156 valence electrons. The third-order valence-corrected chi connectivity index (χ3v) is 7.23. The van der Waals surface area contributed by atoms with E-state index in [4.69, 9.17) is 27.9 Å². The molecular formula is C20H22Cl2N2O4S. The molecule has 3 rings (SSSR count). The highest BCUT2D eigenvalue weighted by Gasteiger charge is 2.28. The summed E-state index contributed by atoms with van der Waals surface area (Å²) in [6.07, 6.45) is 1.85. The summed E-state index contributed by atoms with van der Waals surface area (Å²) in [7, 11) is -3.72. The van der Waals surface area contributed by atoms with Crippen molar-refractivity contribution < 1.29 is 17.9 Å². The summed E-state index contributed by atoms with van der Waals surface area (Å²) in [6, 6.07) is 11.1. The lowest BCUT2D eigenvalue weighted by Crippen LogP contribution is -2.35. The van der Waals surface area contributed by atoms with Gasteiger partial charge in [-0.25, -0.2) is 8.42 Å². The first-order chi connectivity index (χ1) is 13.8. The second kappa shape index (κ2) is 9.34. The van der Waals surface area contributed by atoms with Gasteiger partial charge in [-0.15, -0.1) is 0 Å². The van der Waals surface area contributed by atoms with Crippen LogP contribution in [0.15, 0.2) is 47.4 Å². The Morgan fingerprint density at radius 2 is 1.83 bits per heavy atom. The van der Waals surface area contributed by atoms with Crippen molar-refractivity contribution in [2.45, 2.75) is 37.2 Å². The van der Waals surface area contributed by atoms with E-state index in [9.17, 15) is 13.2 Å². The number of nitrogens with one attached hydrogen (secondary N) is 1. The number of halogens is 2. The summed E-state index contributed by atoms with van der Waals surface area (Å²) in [6.45, 7) is 2.54. The lowest BCUT2D eigenvalue weighted by atomic mass is 10.2. The summed E-state index contributed by atoms with van der Waals surface area (Å²) in [5.74, 6) is 0.0400. The maximum absolute atomic E-state index is 12.9. The maximum Gasteiger partial charge on any atom is 0.265 e. The first kappa shape index (κ1) is 21.9. The molecule has 0 aliphatic carbocycles.